The number of rotatable bonds is 4. The van der Waals surface area contributed by atoms with E-state index in [1.54, 1.807) is 0 Å². The summed E-state index contributed by atoms with van der Waals surface area (Å²) in [5, 5.41) is 15.4. The molecule has 1 saturated carbocycles. The van der Waals surface area contributed by atoms with Crippen molar-refractivity contribution in [2.75, 3.05) is 0 Å². The molecule has 4 N–H and O–H groups in total. The highest BCUT2D eigenvalue weighted by atomic mass is 16.4. The molecule has 2 unspecified atom stereocenters. The first kappa shape index (κ1) is 14.9. The summed E-state index contributed by atoms with van der Waals surface area (Å²) in [7, 11) is 0. The Morgan fingerprint density at radius 2 is 2.15 bits per heavy atom. The van der Waals surface area contributed by atoms with Gasteiger partial charge in [0.15, 0.2) is 5.84 Å². The molecule has 1 aliphatic carbocycles. The smallest absolute Gasteiger partial charge is 0.170 e. The quantitative estimate of drug-likeness (QED) is 0.260. The van der Waals surface area contributed by atoms with E-state index >= 15 is 0 Å². The summed E-state index contributed by atoms with van der Waals surface area (Å²) in [5.41, 5.74) is 7.56. The average Bonchev–Trinajstić information content (AvgIpc) is 2.69. The highest BCUT2D eigenvalue weighted by Crippen LogP contribution is 2.23. The van der Waals surface area contributed by atoms with Crippen LogP contribution in [0, 0.1) is 5.92 Å². The summed E-state index contributed by atoms with van der Waals surface area (Å²) in [4.78, 5) is 0. The topological polar surface area (TPSA) is 70.6 Å². The Hall–Kier alpha value is -1.55. The van der Waals surface area contributed by atoms with Crippen LogP contribution in [-0.2, 0) is 6.54 Å². The monoisotopic (exact) mass is 275 g/mol. The Labute approximate surface area is 121 Å². The lowest BCUT2D eigenvalue weighted by Gasteiger charge is -2.23. The lowest BCUT2D eigenvalue weighted by Crippen LogP contribution is -2.33. The van der Waals surface area contributed by atoms with Crippen molar-refractivity contribution < 1.29 is 5.21 Å². The molecule has 0 aromatic heterocycles. The van der Waals surface area contributed by atoms with E-state index in [1.165, 1.54) is 37.7 Å². The van der Waals surface area contributed by atoms with Crippen LogP contribution in [0.15, 0.2) is 29.4 Å². The Balaban J connectivity index is 1.96. The summed E-state index contributed by atoms with van der Waals surface area (Å²) in [5.74, 6) is 0.902. The fourth-order valence-corrected chi connectivity index (χ4v) is 2.94. The maximum Gasteiger partial charge on any atom is 0.170 e. The molecule has 1 aliphatic rings. The number of amidine groups is 1. The minimum Gasteiger partial charge on any atom is -0.409 e. The second kappa shape index (κ2) is 7.29. The molecule has 2 atom stereocenters. The van der Waals surface area contributed by atoms with Crippen LogP contribution in [0.2, 0.25) is 0 Å². The van der Waals surface area contributed by atoms with Gasteiger partial charge in [-0.1, -0.05) is 49.5 Å². The number of oxime groups is 1. The first-order valence-corrected chi connectivity index (χ1v) is 7.51. The van der Waals surface area contributed by atoms with Gasteiger partial charge in [0.05, 0.1) is 0 Å². The number of benzene rings is 1. The van der Waals surface area contributed by atoms with Crippen LogP contribution >= 0.6 is 0 Å². The molecule has 1 aromatic carbocycles. The van der Waals surface area contributed by atoms with Gasteiger partial charge in [0.2, 0.25) is 0 Å². The molecular formula is C16H25N3O. The molecule has 0 saturated heterocycles. The van der Waals surface area contributed by atoms with Crippen molar-refractivity contribution in [1.29, 1.82) is 0 Å². The van der Waals surface area contributed by atoms with E-state index in [-0.39, 0.29) is 5.84 Å². The summed E-state index contributed by atoms with van der Waals surface area (Å²) in [6.45, 7) is 3.18. The van der Waals surface area contributed by atoms with Gasteiger partial charge >= 0.3 is 0 Å². The zero-order chi connectivity index (χ0) is 14.4. The molecule has 1 aromatic rings. The summed E-state index contributed by atoms with van der Waals surface area (Å²) in [6.07, 6.45) is 6.63. The number of nitrogens with two attached hydrogens (primary N) is 1. The molecule has 0 spiro atoms. The molecule has 0 amide bonds. The van der Waals surface area contributed by atoms with Crippen molar-refractivity contribution in [2.24, 2.45) is 16.8 Å². The molecule has 0 heterocycles. The molecule has 4 nitrogen and oxygen atoms in total. The van der Waals surface area contributed by atoms with Crippen molar-refractivity contribution in [3.63, 3.8) is 0 Å². The predicted octanol–water partition coefficient (Wildman–Crippen LogP) is 2.84. The Morgan fingerprint density at radius 3 is 2.95 bits per heavy atom. The maximum absolute atomic E-state index is 8.73. The summed E-state index contributed by atoms with van der Waals surface area (Å²) in [6, 6.07) is 8.45. The second-order valence-electron chi connectivity index (χ2n) is 5.79. The minimum atomic E-state index is 0.162. The fourth-order valence-electron chi connectivity index (χ4n) is 2.94. The Kier molecular flexibility index (Phi) is 5.41. The molecule has 0 bridgehead atoms. The normalized spacial score (nSPS) is 24.4. The van der Waals surface area contributed by atoms with Gasteiger partial charge in [0.1, 0.15) is 0 Å². The van der Waals surface area contributed by atoms with Crippen molar-refractivity contribution in [2.45, 2.75) is 51.6 Å². The molecule has 110 valence electrons. The second-order valence-corrected chi connectivity index (χ2v) is 5.79. The first-order chi connectivity index (χ1) is 9.70. The van der Waals surface area contributed by atoms with Crippen LogP contribution in [0.25, 0.3) is 0 Å². The summed E-state index contributed by atoms with van der Waals surface area (Å²) >= 11 is 0. The molecule has 2 rings (SSSR count). The van der Waals surface area contributed by atoms with Gasteiger partial charge in [-0.25, -0.2) is 0 Å². The van der Waals surface area contributed by atoms with Gasteiger partial charge in [-0.2, -0.15) is 0 Å². The van der Waals surface area contributed by atoms with Crippen LogP contribution in [-0.4, -0.2) is 17.1 Å². The van der Waals surface area contributed by atoms with Crippen LogP contribution in [0.4, 0.5) is 0 Å². The number of hydrogen-bond acceptors (Lipinski definition) is 3. The van der Waals surface area contributed by atoms with E-state index in [1.807, 2.05) is 18.2 Å². The molecule has 0 radical (unpaired) electrons. The molecule has 20 heavy (non-hydrogen) atoms. The van der Waals surface area contributed by atoms with Gasteiger partial charge in [0.25, 0.3) is 0 Å². The lowest BCUT2D eigenvalue weighted by molar-refractivity contribution is 0.318. The molecule has 1 fully saturated rings. The molecular weight excluding hydrogens is 250 g/mol. The highest BCUT2D eigenvalue weighted by Gasteiger charge is 2.19. The van der Waals surface area contributed by atoms with Crippen LogP contribution < -0.4 is 11.1 Å². The number of hydrogen-bond donors (Lipinski definition) is 3. The zero-order valence-corrected chi connectivity index (χ0v) is 12.2. The third kappa shape index (κ3) is 3.97. The van der Waals surface area contributed by atoms with E-state index in [9.17, 15) is 0 Å². The first-order valence-electron chi connectivity index (χ1n) is 7.51. The van der Waals surface area contributed by atoms with Gasteiger partial charge in [-0.05, 0) is 30.4 Å². The third-order valence-corrected chi connectivity index (χ3v) is 4.26. The van der Waals surface area contributed by atoms with Crippen LogP contribution in [0.1, 0.15) is 50.2 Å². The van der Waals surface area contributed by atoms with Crippen molar-refractivity contribution in [3.8, 4) is 0 Å². The van der Waals surface area contributed by atoms with Gasteiger partial charge in [0, 0.05) is 18.2 Å². The SMILES string of the molecule is CC1CCCCCC1NCc1cccc(C(N)=NO)c1. The van der Waals surface area contributed by atoms with Gasteiger partial charge in [-0.15, -0.1) is 0 Å². The van der Waals surface area contributed by atoms with Gasteiger partial charge in [-0.3, -0.25) is 0 Å². The highest BCUT2D eigenvalue weighted by molar-refractivity contribution is 5.97. The third-order valence-electron chi connectivity index (χ3n) is 4.26. The van der Waals surface area contributed by atoms with E-state index < -0.39 is 0 Å². The van der Waals surface area contributed by atoms with Crippen LogP contribution in [0.5, 0.6) is 0 Å². The van der Waals surface area contributed by atoms with E-state index in [2.05, 4.69) is 23.5 Å². The fraction of sp³-hybridized carbons (Fsp3) is 0.562. The van der Waals surface area contributed by atoms with E-state index in [0.29, 0.717) is 6.04 Å². The standard InChI is InChI=1S/C16H25N3O/c1-12-6-3-2-4-9-15(12)18-11-13-7-5-8-14(10-13)16(17)19-20/h5,7-8,10,12,15,18,20H,2-4,6,9,11H2,1H3,(H2,17,19). The largest absolute Gasteiger partial charge is 0.409 e. The van der Waals surface area contributed by atoms with Gasteiger partial charge < -0.3 is 16.3 Å². The Bertz CT molecular complexity index is 459. The van der Waals surface area contributed by atoms with Crippen molar-refractivity contribution in [3.05, 3.63) is 35.4 Å². The lowest BCUT2D eigenvalue weighted by atomic mass is 9.96. The molecule has 0 aliphatic heterocycles. The summed E-state index contributed by atoms with van der Waals surface area (Å²) < 4.78 is 0. The van der Waals surface area contributed by atoms with Crippen molar-refractivity contribution >= 4 is 5.84 Å². The van der Waals surface area contributed by atoms with E-state index in [4.69, 9.17) is 10.9 Å². The van der Waals surface area contributed by atoms with Crippen molar-refractivity contribution in [1.82, 2.24) is 5.32 Å². The number of nitrogens with zero attached hydrogens (tertiary/aromatic N) is 1. The van der Waals surface area contributed by atoms with E-state index in [0.717, 1.165) is 18.0 Å². The Morgan fingerprint density at radius 1 is 1.35 bits per heavy atom. The number of nitrogens with one attached hydrogen (secondary N) is 1. The average molecular weight is 275 g/mol. The van der Waals surface area contributed by atoms with Crippen LogP contribution in [0.3, 0.4) is 0 Å². The predicted molar refractivity (Wildman–Crippen MR) is 81.8 cm³/mol. The minimum absolute atomic E-state index is 0.162. The molecule has 4 heteroatoms. The zero-order valence-electron chi connectivity index (χ0n) is 12.2. The maximum atomic E-state index is 8.73.